The Labute approximate surface area is 255 Å². The molecule has 0 aliphatic rings. The number of hydrogen-bond acceptors (Lipinski definition) is 8. The van der Waals surface area contributed by atoms with E-state index in [-0.39, 0.29) is 22.3 Å². The van der Waals surface area contributed by atoms with Gasteiger partial charge in [0.1, 0.15) is 0 Å². The lowest BCUT2D eigenvalue weighted by Crippen LogP contribution is -2.20. The molecule has 0 aliphatic heterocycles. The Morgan fingerprint density at radius 3 is 1.36 bits per heavy atom. The van der Waals surface area contributed by atoms with E-state index >= 15 is 0 Å². The van der Waals surface area contributed by atoms with Crippen molar-refractivity contribution in [3.8, 4) is 11.1 Å². The van der Waals surface area contributed by atoms with Crippen LogP contribution in [-0.4, -0.2) is 36.0 Å². The fourth-order valence-corrected chi connectivity index (χ4v) is 4.27. The van der Waals surface area contributed by atoms with Gasteiger partial charge in [0.05, 0.1) is 34.5 Å². The van der Waals surface area contributed by atoms with E-state index in [1.807, 2.05) is 0 Å². The van der Waals surface area contributed by atoms with Gasteiger partial charge in [-0.15, -0.1) is 0 Å². The molecule has 0 saturated heterocycles. The Hall–Kier alpha value is -5.64. The van der Waals surface area contributed by atoms with E-state index in [1.54, 1.807) is 88.4 Å². The molecule has 10 nitrogen and oxygen atoms in total. The van der Waals surface area contributed by atoms with Crippen LogP contribution < -0.4 is 22.1 Å². The lowest BCUT2D eigenvalue weighted by atomic mass is 9.95. The van der Waals surface area contributed by atoms with E-state index < -0.39 is 36.0 Å². The van der Waals surface area contributed by atoms with Gasteiger partial charge >= 0.3 is 11.9 Å². The summed E-state index contributed by atoms with van der Waals surface area (Å²) in [7, 11) is 0. The van der Waals surface area contributed by atoms with Crippen LogP contribution in [0.4, 0.5) is 22.7 Å². The molecule has 0 spiro atoms. The maximum Gasteiger partial charge on any atom is 0.339 e. The minimum Gasteiger partial charge on any atom is -0.459 e. The molecule has 0 unspecified atom stereocenters. The van der Waals surface area contributed by atoms with Gasteiger partial charge in [0.15, 0.2) is 0 Å². The summed E-state index contributed by atoms with van der Waals surface area (Å²) in [6.45, 7) is 6.83. The summed E-state index contributed by atoms with van der Waals surface area (Å²) in [6, 6.07) is 22.5. The molecule has 10 heteroatoms. The van der Waals surface area contributed by atoms with E-state index in [9.17, 15) is 19.2 Å². The molecule has 0 aliphatic carbocycles. The minimum atomic E-state index is -0.692. The number of nitrogens with one attached hydrogen (secondary N) is 2. The van der Waals surface area contributed by atoms with Crippen molar-refractivity contribution >= 4 is 46.5 Å². The van der Waals surface area contributed by atoms with Crippen molar-refractivity contribution in [3.63, 3.8) is 0 Å². The molecule has 0 heterocycles. The number of anilines is 4. The highest BCUT2D eigenvalue weighted by Crippen LogP contribution is 2.28. The Bertz CT molecular complexity index is 1700. The van der Waals surface area contributed by atoms with Gasteiger partial charge in [-0.25, -0.2) is 9.59 Å². The standard InChI is InChI=1S/C34H34N4O6/c1-19(2)43-33(41)28-16-6-21(17-29(28)32(40)38-26-13-9-24(36)10-14-26)22-5-15-27(30(18-22)34(42)44-20(3)4)31(39)37-25-11-7-23(35)8-12-25/h5-20H,35-36H2,1-4H3,(H,37,39)(H,38,40). The van der Waals surface area contributed by atoms with Crippen LogP contribution in [0.5, 0.6) is 0 Å². The van der Waals surface area contributed by atoms with Crippen LogP contribution in [0, 0.1) is 0 Å². The molecule has 2 amide bonds. The maximum absolute atomic E-state index is 13.4. The van der Waals surface area contributed by atoms with Crippen molar-refractivity contribution in [2.45, 2.75) is 39.9 Å². The summed E-state index contributed by atoms with van der Waals surface area (Å²) >= 11 is 0. The smallest absolute Gasteiger partial charge is 0.339 e. The molecule has 4 aromatic carbocycles. The topological polar surface area (TPSA) is 163 Å². The van der Waals surface area contributed by atoms with Crippen molar-refractivity contribution in [1.29, 1.82) is 0 Å². The van der Waals surface area contributed by atoms with Crippen LogP contribution in [0.2, 0.25) is 0 Å². The van der Waals surface area contributed by atoms with Gasteiger partial charge in [-0.2, -0.15) is 0 Å². The second-order valence-corrected chi connectivity index (χ2v) is 10.6. The highest BCUT2D eigenvalue weighted by molar-refractivity contribution is 6.13. The van der Waals surface area contributed by atoms with Gasteiger partial charge in [0, 0.05) is 22.7 Å². The van der Waals surface area contributed by atoms with E-state index in [0.29, 0.717) is 33.9 Å². The van der Waals surface area contributed by atoms with E-state index in [2.05, 4.69) is 10.6 Å². The quantitative estimate of drug-likeness (QED) is 0.132. The largest absolute Gasteiger partial charge is 0.459 e. The third kappa shape index (κ3) is 7.80. The van der Waals surface area contributed by atoms with Crippen LogP contribution in [0.15, 0.2) is 84.9 Å². The maximum atomic E-state index is 13.4. The molecule has 4 aromatic rings. The molecular weight excluding hydrogens is 560 g/mol. The summed E-state index contributed by atoms with van der Waals surface area (Å²) in [5.74, 6) is -2.42. The van der Waals surface area contributed by atoms with Crippen molar-refractivity contribution in [1.82, 2.24) is 0 Å². The SMILES string of the molecule is CC(C)OC(=O)c1ccc(-c2ccc(C(=O)Nc3ccc(N)cc3)c(C(=O)OC(C)C)c2)cc1C(=O)Nc1ccc(N)cc1. The summed E-state index contributed by atoms with van der Waals surface area (Å²) in [6.07, 6.45) is -0.842. The number of rotatable bonds is 9. The number of carbonyl (C=O) groups is 4. The third-order valence-corrected chi connectivity index (χ3v) is 6.32. The summed E-state index contributed by atoms with van der Waals surface area (Å²) in [4.78, 5) is 52.8. The molecule has 0 saturated carbocycles. The van der Waals surface area contributed by atoms with Crippen molar-refractivity contribution in [3.05, 3.63) is 107 Å². The molecule has 44 heavy (non-hydrogen) atoms. The highest BCUT2D eigenvalue weighted by atomic mass is 16.5. The Morgan fingerprint density at radius 2 is 0.909 bits per heavy atom. The number of amides is 2. The first kappa shape index (κ1) is 31.3. The molecule has 6 N–H and O–H groups in total. The van der Waals surface area contributed by atoms with E-state index in [1.165, 1.54) is 24.3 Å². The molecule has 0 aromatic heterocycles. The predicted octanol–water partition coefficient (Wildman–Crippen LogP) is 6.15. The van der Waals surface area contributed by atoms with E-state index in [0.717, 1.165) is 0 Å². The summed E-state index contributed by atoms with van der Waals surface area (Å²) in [5, 5.41) is 5.54. The van der Waals surface area contributed by atoms with Crippen LogP contribution >= 0.6 is 0 Å². The second kappa shape index (κ2) is 13.6. The lowest BCUT2D eigenvalue weighted by molar-refractivity contribution is 0.0366. The number of hydrogen-bond donors (Lipinski definition) is 4. The first-order valence-corrected chi connectivity index (χ1v) is 14.0. The third-order valence-electron chi connectivity index (χ3n) is 6.32. The monoisotopic (exact) mass is 594 g/mol. The van der Waals surface area contributed by atoms with Crippen molar-refractivity contribution < 1.29 is 28.7 Å². The minimum absolute atomic E-state index is 0.0281. The van der Waals surface area contributed by atoms with Gasteiger partial charge in [0.2, 0.25) is 0 Å². The molecule has 4 rings (SSSR count). The van der Waals surface area contributed by atoms with Gasteiger partial charge in [-0.3, -0.25) is 9.59 Å². The molecule has 0 atom stereocenters. The molecule has 0 bridgehead atoms. The number of benzene rings is 4. The van der Waals surface area contributed by atoms with Crippen LogP contribution in [0.25, 0.3) is 11.1 Å². The number of esters is 2. The number of carbonyl (C=O) groups excluding carboxylic acids is 4. The van der Waals surface area contributed by atoms with Crippen molar-refractivity contribution in [2.24, 2.45) is 0 Å². The Balaban J connectivity index is 1.76. The molecule has 226 valence electrons. The summed E-state index contributed by atoms with van der Waals surface area (Å²) < 4.78 is 10.8. The zero-order valence-electron chi connectivity index (χ0n) is 24.8. The van der Waals surface area contributed by atoms with E-state index in [4.69, 9.17) is 20.9 Å². The van der Waals surface area contributed by atoms with Gasteiger partial charge in [-0.05, 0) is 112 Å². The Kier molecular flexibility index (Phi) is 9.64. The van der Waals surface area contributed by atoms with Gasteiger partial charge < -0.3 is 31.6 Å². The second-order valence-electron chi connectivity index (χ2n) is 10.6. The van der Waals surface area contributed by atoms with Crippen LogP contribution in [-0.2, 0) is 9.47 Å². The average molecular weight is 595 g/mol. The lowest BCUT2D eigenvalue weighted by Gasteiger charge is -2.16. The van der Waals surface area contributed by atoms with Crippen LogP contribution in [0.1, 0.15) is 69.1 Å². The zero-order valence-corrected chi connectivity index (χ0v) is 24.8. The van der Waals surface area contributed by atoms with Gasteiger partial charge in [0.25, 0.3) is 11.8 Å². The first-order valence-electron chi connectivity index (χ1n) is 14.0. The zero-order chi connectivity index (χ0) is 32.0. The number of ether oxygens (including phenoxy) is 2. The predicted molar refractivity (Wildman–Crippen MR) is 171 cm³/mol. The molecule has 0 fully saturated rings. The summed E-state index contributed by atoms with van der Waals surface area (Å²) in [5.41, 5.74) is 14.8. The highest BCUT2D eigenvalue weighted by Gasteiger charge is 2.23. The Morgan fingerprint density at radius 1 is 0.523 bits per heavy atom. The average Bonchev–Trinajstić information content (AvgIpc) is 2.98. The fourth-order valence-electron chi connectivity index (χ4n) is 4.27. The fraction of sp³-hybridized carbons (Fsp3) is 0.176. The van der Waals surface area contributed by atoms with Crippen molar-refractivity contribution in [2.75, 3.05) is 22.1 Å². The van der Waals surface area contributed by atoms with Gasteiger partial charge in [-0.1, -0.05) is 12.1 Å². The normalized spacial score (nSPS) is 10.8. The van der Waals surface area contributed by atoms with Crippen LogP contribution in [0.3, 0.4) is 0 Å². The number of nitrogen functional groups attached to an aromatic ring is 2. The molecular formula is C34H34N4O6. The number of nitrogens with two attached hydrogens (primary N) is 2. The molecule has 0 radical (unpaired) electrons. The first-order chi connectivity index (χ1) is 20.9.